The summed E-state index contributed by atoms with van der Waals surface area (Å²) in [6, 6.07) is 14.3. The van der Waals surface area contributed by atoms with E-state index in [0.29, 0.717) is 40.5 Å². The standard InChI is InChI=1S/C27H29Cl2N7O2/c1-33(2)16-18-14-24-26(35-10-12-38-13-11-35)31-25(32-36(24)17-18)19-4-7-21(8-5-19)30-27(37)34(3)23-9-6-20(28)15-22(23)29/h4-9,14-15,17H,10-13,16H2,1-3H3,(H,30,37). The van der Waals surface area contributed by atoms with Gasteiger partial charge in [-0.3, -0.25) is 4.90 Å². The normalized spacial score (nSPS) is 13.8. The number of ether oxygens (including phenoxy) is 1. The third kappa shape index (κ3) is 5.71. The highest BCUT2D eigenvalue weighted by Gasteiger charge is 2.20. The van der Waals surface area contributed by atoms with Crippen LogP contribution in [0.5, 0.6) is 0 Å². The minimum absolute atomic E-state index is 0.324. The van der Waals surface area contributed by atoms with Crippen molar-refractivity contribution in [2.24, 2.45) is 0 Å². The van der Waals surface area contributed by atoms with Crippen LogP contribution in [-0.2, 0) is 11.3 Å². The first-order valence-corrected chi connectivity index (χ1v) is 13.0. The van der Waals surface area contributed by atoms with Crippen molar-refractivity contribution in [2.45, 2.75) is 6.54 Å². The van der Waals surface area contributed by atoms with Crippen LogP contribution in [0.4, 0.5) is 22.0 Å². The van der Waals surface area contributed by atoms with Gasteiger partial charge >= 0.3 is 6.03 Å². The van der Waals surface area contributed by atoms with Crippen molar-refractivity contribution in [1.82, 2.24) is 19.5 Å². The Bertz CT molecular complexity index is 1450. The molecule has 2 aromatic heterocycles. The third-order valence-electron chi connectivity index (χ3n) is 6.28. The number of nitrogens with one attached hydrogen (secondary N) is 1. The maximum atomic E-state index is 12.8. The summed E-state index contributed by atoms with van der Waals surface area (Å²) in [5.41, 5.74) is 4.18. The highest BCUT2D eigenvalue weighted by molar-refractivity contribution is 6.36. The fourth-order valence-corrected chi connectivity index (χ4v) is 4.93. The molecule has 5 rings (SSSR count). The number of rotatable bonds is 6. The Morgan fingerprint density at radius 3 is 2.47 bits per heavy atom. The first-order chi connectivity index (χ1) is 18.3. The number of fused-ring (bicyclic) bond motifs is 1. The van der Waals surface area contributed by atoms with E-state index in [1.54, 1.807) is 25.2 Å². The van der Waals surface area contributed by atoms with Gasteiger partial charge in [0.15, 0.2) is 11.6 Å². The molecular formula is C27H29Cl2N7O2. The number of carbonyl (C=O) groups excluding carboxylic acids is 1. The Morgan fingerprint density at radius 1 is 1.05 bits per heavy atom. The van der Waals surface area contributed by atoms with Crippen molar-refractivity contribution in [3.63, 3.8) is 0 Å². The Balaban J connectivity index is 1.40. The molecule has 11 heteroatoms. The molecule has 1 aliphatic rings. The molecular weight excluding hydrogens is 525 g/mol. The summed E-state index contributed by atoms with van der Waals surface area (Å²) in [5.74, 6) is 1.50. The summed E-state index contributed by atoms with van der Waals surface area (Å²) in [4.78, 5) is 23.6. The van der Waals surface area contributed by atoms with E-state index in [1.807, 2.05) is 42.9 Å². The number of benzene rings is 2. The van der Waals surface area contributed by atoms with E-state index in [1.165, 1.54) is 10.5 Å². The Morgan fingerprint density at radius 2 is 1.79 bits per heavy atom. The zero-order chi connectivity index (χ0) is 26.8. The van der Waals surface area contributed by atoms with E-state index in [-0.39, 0.29) is 6.03 Å². The number of carbonyl (C=O) groups is 1. The number of anilines is 3. The van der Waals surface area contributed by atoms with Crippen LogP contribution >= 0.6 is 23.2 Å². The molecule has 0 saturated carbocycles. The molecule has 1 N–H and O–H groups in total. The Hall–Kier alpha value is -3.37. The number of nitrogens with zero attached hydrogens (tertiary/aromatic N) is 6. The van der Waals surface area contributed by atoms with Gasteiger partial charge in [0, 0.05) is 49.2 Å². The number of amides is 2. The van der Waals surface area contributed by atoms with Gasteiger partial charge < -0.3 is 19.9 Å². The lowest BCUT2D eigenvalue weighted by atomic mass is 10.2. The average Bonchev–Trinajstić information content (AvgIpc) is 3.30. The molecule has 3 heterocycles. The van der Waals surface area contributed by atoms with Gasteiger partial charge in [-0.2, -0.15) is 0 Å². The first kappa shape index (κ1) is 26.2. The monoisotopic (exact) mass is 553 g/mol. The number of aromatic nitrogens is 3. The quantitative estimate of drug-likeness (QED) is 0.350. The van der Waals surface area contributed by atoms with Crippen LogP contribution in [0.15, 0.2) is 54.7 Å². The van der Waals surface area contributed by atoms with Crippen LogP contribution in [-0.4, -0.2) is 73.0 Å². The number of halogens is 2. The van der Waals surface area contributed by atoms with E-state index in [4.69, 9.17) is 38.0 Å². The highest BCUT2D eigenvalue weighted by Crippen LogP contribution is 2.29. The van der Waals surface area contributed by atoms with Gasteiger partial charge in [0.25, 0.3) is 0 Å². The van der Waals surface area contributed by atoms with E-state index >= 15 is 0 Å². The molecule has 1 fully saturated rings. The third-order valence-corrected chi connectivity index (χ3v) is 6.82. The molecule has 0 radical (unpaired) electrons. The van der Waals surface area contributed by atoms with E-state index in [0.717, 1.165) is 36.5 Å². The van der Waals surface area contributed by atoms with Crippen LogP contribution in [0.1, 0.15) is 5.56 Å². The number of hydrogen-bond acceptors (Lipinski definition) is 6. The van der Waals surface area contributed by atoms with Crippen LogP contribution in [0.25, 0.3) is 16.9 Å². The molecule has 0 atom stereocenters. The van der Waals surface area contributed by atoms with Crippen molar-refractivity contribution in [3.05, 3.63) is 70.3 Å². The second-order valence-electron chi connectivity index (χ2n) is 9.44. The predicted octanol–water partition coefficient (Wildman–Crippen LogP) is 5.27. The molecule has 9 nitrogen and oxygen atoms in total. The second-order valence-corrected chi connectivity index (χ2v) is 10.3. The van der Waals surface area contributed by atoms with Crippen LogP contribution in [0.2, 0.25) is 10.0 Å². The van der Waals surface area contributed by atoms with Crippen molar-refractivity contribution in [1.29, 1.82) is 0 Å². The van der Waals surface area contributed by atoms with Gasteiger partial charge in [0.05, 0.1) is 23.9 Å². The van der Waals surface area contributed by atoms with Gasteiger partial charge in [-0.1, -0.05) is 23.2 Å². The molecule has 38 heavy (non-hydrogen) atoms. The first-order valence-electron chi connectivity index (χ1n) is 12.3. The number of urea groups is 1. The van der Waals surface area contributed by atoms with Crippen LogP contribution in [0, 0.1) is 0 Å². The fourth-order valence-electron chi connectivity index (χ4n) is 4.39. The maximum Gasteiger partial charge on any atom is 0.326 e. The summed E-state index contributed by atoms with van der Waals surface area (Å²) < 4.78 is 7.47. The van der Waals surface area contributed by atoms with Gasteiger partial charge in [-0.15, -0.1) is 5.10 Å². The molecule has 2 aromatic carbocycles. The van der Waals surface area contributed by atoms with Gasteiger partial charge in [0.1, 0.15) is 5.52 Å². The summed E-state index contributed by atoms with van der Waals surface area (Å²) >= 11 is 12.2. The lowest BCUT2D eigenvalue weighted by Gasteiger charge is -2.28. The fraction of sp³-hybridized carbons (Fsp3) is 0.296. The predicted molar refractivity (Wildman–Crippen MR) is 153 cm³/mol. The molecule has 0 aliphatic carbocycles. The number of morpholine rings is 1. The Kier molecular flexibility index (Phi) is 7.71. The SMILES string of the molecule is CN(C)Cc1cc2c(N3CCOCC3)nc(-c3ccc(NC(=O)N(C)c4ccc(Cl)cc4Cl)cc3)nn2c1. The van der Waals surface area contributed by atoms with Crippen molar-refractivity contribution < 1.29 is 9.53 Å². The van der Waals surface area contributed by atoms with Crippen molar-refractivity contribution in [3.8, 4) is 11.4 Å². The van der Waals surface area contributed by atoms with Gasteiger partial charge in [0.2, 0.25) is 0 Å². The maximum absolute atomic E-state index is 12.8. The van der Waals surface area contributed by atoms with Crippen molar-refractivity contribution in [2.75, 3.05) is 62.6 Å². The zero-order valence-corrected chi connectivity index (χ0v) is 23.0. The zero-order valence-electron chi connectivity index (χ0n) is 21.5. The largest absolute Gasteiger partial charge is 0.378 e. The topological polar surface area (TPSA) is 78.2 Å². The number of hydrogen-bond donors (Lipinski definition) is 1. The second kappa shape index (κ2) is 11.2. The molecule has 1 saturated heterocycles. The summed E-state index contributed by atoms with van der Waals surface area (Å²) in [5, 5.41) is 8.61. The van der Waals surface area contributed by atoms with Gasteiger partial charge in [-0.25, -0.2) is 14.3 Å². The van der Waals surface area contributed by atoms with Crippen molar-refractivity contribution >= 4 is 51.9 Å². The summed E-state index contributed by atoms with van der Waals surface area (Å²) in [6.45, 7) is 3.69. The van der Waals surface area contributed by atoms with Crippen LogP contribution in [0.3, 0.4) is 0 Å². The molecule has 0 spiro atoms. The van der Waals surface area contributed by atoms with E-state index in [9.17, 15) is 4.79 Å². The Labute approximate surface area is 231 Å². The molecule has 198 valence electrons. The molecule has 4 aromatic rings. The summed E-state index contributed by atoms with van der Waals surface area (Å²) in [7, 11) is 5.74. The molecule has 0 unspecified atom stereocenters. The smallest absolute Gasteiger partial charge is 0.326 e. The minimum Gasteiger partial charge on any atom is -0.378 e. The molecule has 0 bridgehead atoms. The molecule has 2 amide bonds. The highest BCUT2D eigenvalue weighted by atomic mass is 35.5. The minimum atomic E-state index is -0.324. The summed E-state index contributed by atoms with van der Waals surface area (Å²) in [6.07, 6.45) is 2.05. The van der Waals surface area contributed by atoms with E-state index < -0.39 is 0 Å². The lowest BCUT2D eigenvalue weighted by molar-refractivity contribution is 0.122. The lowest BCUT2D eigenvalue weighted by Crippen LogP contribution is -2.37. The van der Waals surface area contributed by atoms with E-state index in [2.05, 4.69) is 27.4 Å². The molecule has 1 aliphatic heterocycles. The van der Waals surface area contributed by atoms with Crippen LogP contribution < -0.4 is 15.1 Å². The average molecular weight is 554 g/mol. The van der Waals surface area contributed by atoms with Gasteiger partial charge in [-0.05, 0) is 68.2 Å².